The molecule has 0 aromatic heterocycles. The van der Waals surface area contributed by atoms with E-state index in [0.29, 0.717) is 0 Å². The van der Waals surface area contributed by atoms with Crippen molar-refractivity contribution in [1.29, 1.82) is 0 Å². The lowest BCUT2D eigenvalue weighted by Crippen LogP contribution is -2.42. The summed E-state index contributed by atoms with van der Waals surface area (Å²) in [4.78, 5) is 2.29. The minimum atomic E-state index is -0.201. The Labute approximate surface area is 132 Å². The molecule has 0 radical (unpaired) electrons. The van der Waals surface area contributed by atoms with Crippen LogP contribution in [0, 0.1) is 0 Å². The van der Waals surface area contributed by atoms with Gasteiger partial charge in [-0.25, -0.2) is 0 Å². The van der Waals surface area contributed by atoms with Crippen molar-refractivity contribution in [2.75, 3.05) is 6.54 Å². The molecule has 0 spiro atoms. The maximum absolute atomic E-state index is 4.11. The highest BCUT2D eigenvalue weighted by molar-refractivity contribution is 5.50. The van der Waals surface area contributed by atoms with E-state index in [-0.39, 0.29) is 11.5 Å². The second kappa shape index (κ2) is 6.07. The van der Waals surface area contributed by atoms with Crippen molar-refractivity contribution in [2.45, 2.75) is 11.5 Å². The molecule has 1 aliphatic heterocycles. The molecule has 1 heteroatoms. The fourth-order valence-electron chi connectivity index (χ4n) is 3.44. The van der Waals surface area contributed by atoms with Crippen molar-refractivity contribution in [1.82, 2.24) is 4.90 Å². The second-order valence-corrected chi connectivity index (χ2v) is 5.58. The first kappa shape index (κ1) is 14.4. The Morgan fingerprint density at radius 3 is 1.91 bits per heavy atom. The Morgan fingerprint density at radius 1 is 0.909 bits per heavy atom. The smallest absolute Gasteiger partial charge is 0.0641 e. The zero-order chi connectivity index (χ0) is 15.4. The zero-order valence-electron chi connectivity index (χ0n) is 12.7. The van der Waals surface area contributed by atoms with E-state index in [1.54, 1.807) is 0 Å². The summed E-state index contributed by atoms with van der Waals surface area (Å²) in [6.07, 6.45) is 8.46. The third-order valence-corrected chi connectivity index (χ3v) is 4.42. The molecular weight excluding hydrogens is 266 g/mol. The molecule has 0 unspecified atom stereocenters. The van der Waals surface area contributed by atoms with Crippen molar-refractivity contribution in [2.24, 2.45) is 0 Å². The molecule has 0 bridgehead atoms. The molecule has 2 aromatic carbocycles. The highest BCUT2D eigenvalue weighted by atomic mass is 15.2. The molecule has 2 aromatic rings. The Hall–Kier alpha value is -2.54. The van der Waals surface area contributed by atoms with Crippen molar-refractivity contribution < 1.29 is 0 Å². The summed E-state index contributed by atoms with van der Waals surface area (Å²) >= 11 is 0. The lowest BCUT2D eigenvalue weighted by Gasteiger charge is -2.38. The number of hydrogen-bond acceptors (Lipinski definition) is 1. The van der Waals surface area contributed by atoms with Crippen molar-refractivity contribution in [3.63, 3.8) is 0 Å². The van der Waals surface area contributed by atoms with Gasteiger partial charge in [0, 0.05) is 6.54 Å². The summed E-state index contributed by atoms with van der Waals surface area (Å²) in [6.45, 7) is 8.80. The van der Waals surface area contributed by atoms with Crippen LogP contribution in [0.5, 0.6) is 0 Å². The van der Waals surface area contributed by atoms with Crippen LogP contribution in [0.4, 0.5) is 0 Å². The Kier molecular flexibility index (Phi) is 3.97. The maximum atomic E-state index is 4.11. The van der Waals surface area contributed by atoms with Gasteiger partial charge in [-0.1, -0.05) is 78.9 Å². The predicted octanol–water partition coefficient (Wildman–Crippen LogP) is 4.54. The number of rotatable bonds is 5. The minimum Gasteiger partial charge on any atom is -0.366 e. The quantitative estimate of drug-likeness (QED) is 0.730. The van der Waals surface area contributed by atoms with Gasteiger partial charge in [-0.05, 0) is 17.3 Å². The van der Waals surface area contributed by atoms with Crippen LogP contribution in [-0.4, -0.2) is 17.5 Å². The largest absolute Gasteiger partial charge is 0.366 e. The fourth-order valence-corrected chi connectivity index (χ4v) is 3.44. The third-order valence-electron chi connectivity index (χ3n) is 4.42. The average Bonchev–Trinajstić information content (AvgIpc) is 2.96. The summed E-state index contributed by atoms with van der Waals surface area (Å²) in [7, 11) is 0. The van der Waals surface area contributed by atoms with Gasteiger partial charge in [0.05, 0.1) is 11.5 Å². The van der Waals surface area contributed by atoms with E-state index >= 15 is 0 Å². The molecule has 0 saturated heterocycles. The summed E-state index contributed by atoms with van der Waals surface area (Å²) in [5.74, 6) is 0. The van der Waals surface area contributed by atoms with Crippen molar-refractivity contribution >= 4 is 0 Å². The standard InChI is InChI=1S/C21H21N/c1-3-16-22-17-15-21(20(22)4-2,18-11-7-5-8-12-18)19-13-9-6-10-14-19/h3-15,17,20H,1-2,16H2/t20-/m1/s1. The van der Waals surface area contributed by atoms with E-state index in [1.807, 2.05) is 12.2 Å². The van der Waals surface area contributed by atoms with Crippen LogP contribution in [0.1, 0.15) is 11.1 Å². The van der Waals surface area contributed by atoms with Gasteiger partial charge in [0.15, 0.2) is 0 Å². The maximum Gasteiger partial charge on any atom is 0.0641 e. The Morgan fingerprint density at radius 2 is 1.45 bits per heavy atom. The van der Waals surface area contributed by atoms with Gasteiger partial charge in [-0.3, -0.25) is 0 Å². The average molecular weight is 287 g/mol. The highest BCUT2D eigenvalue weighted by Gasteiger charge is 2.44. The van der Waals surface area contributed by atoms with Gasteiger partial charge < -0.3 is 4.90 Å². The second-order valence-electron chi connectivity index (χ2n) is 5.58. The van der Waals surface area contributed by atoms with Gasteiger partial charge in [0.25, 0.3) is 0 Å². The highest BCUT2D eigenvalue weighted by Crippen LogP contribution is 2.43. The molecule has 0 amide bonds. The Balaban J connectivity index is 2.19. The van der Waals surface area contributed by atoms with Gasteiger partial charge in [0.1, 0.15) is 0 Å². The Bertz CT molecular complexity index is 630. The molecule has 1 nitrogen and oxygen atoms in total. The molecule has 0 N–H and O–H groups in total. The summed E-state index contributed by atoms with van der Waals surface area (Å²) in [5, 5.41) is 0. The lowest BCUT2D eigenvalue weighted by molar-refractivity contribution is 0.321. The SMILES string of the molecule is C=CCN1C=CC(c2ccccc2)(c2ccccc2)[C@H]1C=C. The van der Waals surface area contributed by atoms with Gasteiger partial charge in [-0.15, -0.1) is 13.2 Å². The summed E-state index contributed by atoms with van der Waals surface area (Å²) < 4.78 is 0. The minimum absolute atomic E-state index is 0.176. The molecule has 1 heterocycles. The molecule has 0 saturated carbocycles. The molecule has 3 rings (SSSR count). The molecule has 0 fully saturated rings. The van der Waals surface area contributed by atoms with Gasteiger partial charge in [0.2, 0.25) is 0 Å². The molecule has 110 valence electrons. The molecular formula is C21H21N. The lowest BCUT2D eigenvalue weighted by atomic mass is 9.70. The van der Waals surface area contributed by atoms with Gasteiger partial charge >= 0.3 is 0 Å². The number of hydrogen-bond donors (Lipinski definition) is 0. The van der Waals surface area contributed by atoms with E-state index in [0.717, 1.165) is 6.54 Å². The van der Waals surface area contributed by atoms with Crippen molar-refractivity contribution in [3.8, 4) is 0 Å². The van der Waals surface area contributed by atoms with E-state index in [2.05, 4.69) is 91.0 Å². The van der Waals surface area contributed by atoms with Crippen LogP contribution >= 0.6 is 0 Å². The molecule has 22 heavy (non-hydrogen) atoms. The predicted molar refractivity (Wildman–Crippen MR) is 93.7 cm³/mol. The van der Waals surface area contributed by atoms with E-state index < -0.39 is 0 Å². The number of benzene rings is 2. The normalized spacial score (nSPS) is 19.1. The monoisotopic (exact) mass is 287 g/mol. The van der Waals surface area contributed by atoms with Crippen LogP contribution in [0.15, 0.2) is 98.2 Å². The van der Waals surface area contributed by atoms with E-state index in [1.165, 1.54) is 11.1 Å². The van der Waals surface area contributed by atoms with E-state index in [9.17, 15) is 0 Å². The van der Waals surface area contributed by atoms with Gasteiger partial charge in [-0.2, -0.15) is 0 Å². The fraction of sp³-hybridized carbons (Fsp3) is 0.143. The topological polar surface area (TPSA) is 3.24 Å². The first-order chi connectivity index (χ1) is 10.8. The molecule has 0 aliphatic carbocycles. The zero-order valence-corrected chi connectivity index (χ0v) is 12.7. The van der Waals surface area contributed by atoms with E-state index in [4.69, 9.17) is 0 Å². The van der Waals surface area contributed by atoms with Crippen molar-refractivity contribution in [3.05, 3.63) is 109 Å². The molecule has 1 aliphatic rings. The van der Waals surface area contributed by atoms with Crippen LogP contribution in [0.3, 0.4) is 0 Å². The van der Waals surface area contributed by atoms with Crippen LogP contribution in [0.2, 0.25) is 0 Å². The molecule has 1 atom stereocenters. The number of nitrogens with zero attached hydrogens (tertiary/aromatic N) is 1. The van der Waals surface area contributed by atoms with Crippen LogP contribution in [-0.2, 0) is 5.41 Å². The third kappa shape index (κ3) is 2.19. The summed E-state index contributed by atoms with van der Waals surface area (Å²) in [6, 6.07) is 21.5. The first-order valence-electron chi connectivity index (χ1n) is 7.62. The first-order valence-corrected chi connectivity index (χ1v) is 7.62. The summed E-state index contributed by atoms with van der Waals surface area (Å²) in [5.41, 5.74) is 2.37. The van der Waals surface area contributed by atoms with Crippen LogP contribution in [0.25, 0.3) is 0 Å². The van der Waals surface area contributed by atoms with Crippen LogP contribution < -0.4 is 0 Å².